The first-order valence-corrected chi connectivity index (χ1v) is 6.33. The molecule has 0 amide bonds. The first-order chi connectivity index (χ1) is 9.83. The Hall–Kier alpha value is -2.56. The third kappa shape index (κ3) is 2.71. The minimum absolute atomic E-state index is 0.259. The largest absolute Gasteiger partial charge is 0.490 e. The summed E-state index contributed by atoms with van der Waals surface area (Å²) in [6.45, 7) is 1.10. The number of hydrogen-bond acceptors (Lipinski definition) is 5. The van der Waals surface area contributed by atoms with E-state index in [0.717, 1.165) is 11.5 Å². The first kappa shape index (κ1) is 12.5. The summed E-state index contributed by atoms with van der Waals surface area (Å²) in [5, 5.41) is 0. The van der Waals surface area contributed by atoms with Crippen LogP contribution in [0.25, 0.3) is 0 Å². The Bertz CT molecular complexity index is 600. The molecule has 1 aliphatic heterocycles. The van der Waals surface area contributed by atoms with Crippen molar-refractivity contribution in [3.05, 3.63) is 42.5 Å². The second kappa shape index (κ2) is 5.61. The van der Waals surface area contributed by atoms with Gasteiger partial charge in [0.05, 0.1) is 5.69 Å². The summed E-state index contributed by atoms with van der Waals surface area (Å²) in [6, 6.07) is 12.8. The Morgan fingerprint density at radius 3 is 2.65 bits per heavy atom. The summed E-state index contributed by atoms with van der Waals surface area (Å²) in [6.07, 6.45) is 0. The van der Waals surface area contributed by atoms with Crippen LogP contribution in [-0.2, 0) is 0 Å². The maximum Gasteiger partial charge on any atom is 0.231 e. The number of anilines is 1. The molecule has 0 saturated heterocycles. The van der Waals surface area contributed by atoms with Gasteiger partial charge in [-0.3, -0.25) is 0 Å². The lowest BCUT2D eigenvalue weighted by atomic mass is 10.3. The van der Waals surface area contributed by atoms with Crippen molar-refractivity contribution in [2.45, 2.75) is 0 Å². The van der Waals surface area contributed by atoms with E-state index in [2.05, 4.69) is 0 Å². The number of hydrogen-bond donors (Lipinski definition) is 1. The molecule has 2 aromatic rings. The number of para-hydroxylation sites is 2. The minimum atomic E-state index is 0.259. The zero-order valence-corrected chi connectivity index (χ0v) is 10.9. The molecule has 1 aliphatic rings. The molecular weight excluding hydrogens is 258 g/mol. The highest BCUT2D eigenvalue weighted by atomic mass is 16.7. The maximum absolute atomic E-state index is 5.78. The number of nitrogen functional groups attached to an aromatic ring is 1. The Morgan fingerprint density at radius 1 is 0.950 bits per heavy atom. The van der Waals surface area contributed by atoms with Crippen molar-refractivity contribution in [3.63, 3.8) is 0 Å². The molecule has 0 fully saturated rings. The summed E-state index contributed by atoms with van der Waals surface area (Å²) < 4.78 is 21.7. The lowest BCUT2D eigenvalue weighted by Gasteiger charge is -2.10. The highest BCUT2D eigenvalue weighted by Crippen LogP contribution is 2.35. The van der Waals surface area contributed by atoms with Gasteiger partial charge in [0.25, 0.3) is 0 Å². The first-order valence-electron chi connectivity index (χ1n) is 6.33. The zero-order chi connectivity index (χ0) is 13.8. The van der Waals surface area contributed by atoms with Gasteiger partial charge < -0.3 is 24.7 Å². The molecule has 0 saturated carbocycles. The van der Waals surface area contributed by atoms with Gasteiger partial charge in [0, 0.05) is 6.07 Å². The van der Waals surface area contributed by atoms with Gasteiger partial charge in [0.15, 0.2) is 11.5 Å². The van der Waals surface area contributed by atoms with Crippen LogP contribution in [0.1, 0.15) is 0 Å². The molecule has 5 heteroatoms. The van der Waals surface area contributed by atoms with E-state index >= 15 is 0 Å². The molecule has 104 valence electrons. The molecule has 2 N–H and O–H groups in total. The van der Waals surface area contributed by atoms with Crippen molar-refractivity contribution in [3.8, 4) is 23.0 Å². The van der Waals surface area contributed by atoms with Crippen LogP contribution in [0.2, 0.25) is 0 Å². The molecule has 0 spiro atoms. The average molecular weight is 273 g/mol. The standard InChI is InChI=1S/C15H15NO4/c16-12-3-1-2-4-13(12)18-8-7-17-11-5-6-14-15(9-11)20-10-19-14/h1-6,9H,7-8,10,16H2. The second-order valence-electron chi connectivity index (χ2n) is 4.25. The van der Waals surface area contributed by atoms with Crippen molar-refractivity contribution >= 4 is 5.69 Å². The molecule has 3 rings (SSSR count). The van der Waals surface area contributed by atoms with Crippen molar-refractivity contribution < 1.29 is 18.9 Å². The summed E-state index contributed by atoms with van der Waals surface area (Å²) in [4.78, 5) is 0. The van der Waals surface area contributed by atoms with Gasteiger partial charge in [0.2, 0.25) is 6.79 Å². The van der Waals surface area contributed by atoms with Crippen LogP contribution in [0.15, 0.2) is 42.5 Å². The van der Waals surface area contributed by atoms with Gasteiger partial charge in [-0.2, -0.15) is 0 Å². The lowest BCUT2D eigenvalue weighted by Crippen LogP contribution is -2.09. The molecular formula is C15H15NO4. The Labute approximate surface area is 116 Å². The predicted octanol–water partition coefficient (Wildman–Crippen LogP) is 2.46. The van der Waals surface area contributed by atoms with Crippen LogP contribution < -0.4 is 24.7 Å². The Kier molecular flexibility index (Phi) is 3.50. The SMILES string of the molecule is Nc1ccccc1OCCOc1ccc2c(c1)OCO2. The summed E-state index contributed by atoms with van der Waals surface area (Å²) in [5.41, 5.74) is 6.40. The Morgan fingerprint density at radius 2 is 1.75 bits per heavy atom. The van der Waals surface area contributed by atoms with E-state index in [9.17, 15) is 0 Å². The molecule has 1 heterocycles. The van der Waals surface area contributed by atoms with E-state index in [1.807, 2.05) is 30.3 Å². The Balaban J connectivity index is 1.49. The van der Waals surface area contributed by atoms with Crippen LogP contribution in [0.5, 0.6) is 23.0 Å². The fraction of sp³-hybridized carbons (Fsp3) is 0.200. The summed E-state index contributed by atoms with van der Waals surface area (Å²) >= 11 is 0. The molecule has 0 radical (unpaired) electrons. The molecule has 5 nitrogen and oxygen atoms in total. The number of benzene rings is 2. The van der Waals surface area contributed by atoms with Gasteiger partial charge in [0.1, 0.15) is 24.7 Å². The molecule has 0 aromatic heterocycles. The van der Waals surface area contributed by atoms with Crippen molar-refractivity contribution in [2.24, 2.45) is 0 Å². The van der Waals surface area contributed by atoms with Gasteiger partial charge in [-0.05, 0) is 24.3 Å². The smallest absolute Gasteiger partial charge is 0.231 e. The molecule has 2 aromatic carbocycles. The number of rotatable bonds is 5. The predicted molar refractivity (Wildman–Crippen MR) is 74.4 cm³/mol. The second-order valence-corrected chi connectivity index (χ2v) is 4.25. The van der Waals surface area contributed by atoms with Gasteiger partial charge in [-0.1, -0.05) is 12.1 Å². The molecule has 20 heavy (non-hydrogen) atoms. The maximum atomic E-state index is 5.78. The van der Waals surface area contributed by atoms with Gasteiger partial charge in [-0.25, -0.2) is 0 Å². The summed E-state index contributed by atoms with van der Waals surface area (Å²) in [7, 11) is 0. The quantitative estimate of drug-likeness (QED) is 0.669. The van der Waals surface area contributed by atoms with Crippen LogP contribution in [0, 0.1) is 0 Å². The highest BCUT2D eigenvalue weighted by Gasteiger charge is 2.13. The highest BCUT2D eigenvalue weighted by molar-refractivity contribution is 5.51. The van der Waals surface area contributed by atoms with E-state index in [4.69, 9.17) is 24.7 Å². The molecule has 0 unspecified atom stereocenters. The number of nitrogens with two attached hydrogens (primary N) is 1. The third-order valence-corrected chi connectivity index (χ3v) is 2.87. The van der Waals surface area contributed by atoms with E-state index in [1.165, 1.54) is 0 Å². The normalized spacial score (nSPS) is 12.2. The monoisotopic (exact) mass is 273 g/mol. The fourth-order valence-corrected chi connectivity index (χ4v) is 1.89. The van der Waals surface area contributed by atoms with E-state index in [1.54, 1.807) is 12.1 Å². The summed E-state index contributed by atoms with van der Waals surface area (Å²) in [5.74, 6) is 2.84. The topological polar surface area (TPSA) is 62.9 Å². The van der Waals surface area contributed by atoms with Gasteiger partial charge >= 0.3 is 0 Å². The molecule has 0 bridgehead atoms. The van der Waals surface area contributed by atoms with Crippen molar-refractivity contribution in [1.82, 2.24) is 0 Å². The lowest BCUT2D eigenvalue weighted by molar-refractivity contribution is 0.173. The average Bonchev–Trinajstić information content (AvgIpc) is 2.93. The van der Waals surface area contributed by atoms with E-state index in [0.29, 0.717) is 30.4 Å². The van der Waals surface area contributed by atoms with Crippen LogP contribution >= 0.6 is 0 Å². The van der Waals surface area contributed by atoms with Crippen LogP contribution in [0.3, 0.4) is 0 Å². The van der Waals surface area contributed by atoms with Gasteiger partial charge in [-0.15, -0.1) is 0 Å². The number of fused-ring (bicyclic) bond motifs is 1. The van der Waals surface area contributed by atoms with Crippen molar-refractivity contribution in [1.29, 1.82) is 0 Å². The fourth-order valence-electron chi connectivity index (χ4n) is 1.89. The van der Waals surface area contributed by atoms with E-state index in [-0.39, 0.29) is 6.79 Å². The molecule has 0 aliphatic carbocycles. The number of ether oxygens (including phenoxy) is 4. The zero-order valence-electron chi connectivity index (χ0n) is 10.9. The van der Waals surface area contributed by atoms with E-state index < -0.39 is 0 Å². The third-order valence-electron chi connectivity index (χ3n) is 2.87. The van der Waals surface area contributed by atoms with Crippen LogP contribution in [0.4, 0.5) is 5.69 Å². The van der Waals surface area contributed by atoms with Crippen LogP contribution in [-0.4, -0.2) is 20.0 Å². The van der Waals surface area contributed by atoms with Crippen molar-refractivity contribution in [2.75, 3.05) is 25.7 Å². The minimum Gasteiger partial charge on any atom is -0.490 e. The molecule has 0 atom stereocenters.